The number of hydrogen-bond acceptors (Lipinski definition) is 8. The Bertz CT molecular complexity index is 1040. The van der Waals surface area contributed by atoms with Gasteiger partial charge in [-0.05, 0) is 27.2 Å². The molecule has 3 aromatic heterocycles. The number of carbonyl (C=O) groups excluding carboxylic acids is 1. The predicted octanol–water partition coefficient (Wildman–Crippen LogP) is 2.37. The Labute approximate surface area is 172 Å². The molecule has 1 amide bonds. The maximum atomic E-state index is 13.8. The molecule has 0 saturated heterocycles. The Balaban J connectivity index is 1.65. The van der Waals surface area contributed by atoms with E-state index in [0.717, 1.165) is 0 Å². The van der Waals surface area contributed by atoms with Gasteiger partial charge in [0.1, 0.15) is 11.3 Å². The topological polar surface area (TPSA) is 121 Å². The number of imidazole rings is 1. The molecule has 0 aliphatic carbocycles. The largest absolute Gasteiger partial charge is 0.478 e. The van der Waals surface area contributed by atoms with Crippen LogP contribution in [-0.4, -0.2) is 54.6 Å². The normalized spacial score (nSPS) is 11.5. The number of aryl methyl sites for hydroxylation is 2. The van der Waals surface area contributed by atoms with Crippen LogP contribution in [0.3, 0.4) is 0 Å². The summed E-state index contributed by atoms with van der Waals surface area (Å²) in [6.45, 7) is 6.36. The molecular formula is C18H25FN8O3. The van der Waals surface area contributed by atoms with Crippen molar-refractivity contribution in [1.82, 2.24) is 34.6 Å². The summed E-state index contributed by atoms with van der Waals surface area (Å²) in [6, 6.07) is 0. The van der Waals surface area contributed by atoms with Crippen molar-refractivity contribution in [2.75, 3.05) is 19.0 Å². The fourth-order valence-corrected chi connectivity index (χ4v) is 2.70. The zero-order valence-corrected chi connectivity index (χ0v) is 17.6. The zero-order valence-electron chi connectivity index (χ0n) is 17.6. The van der Waals surface area contributed by atoms with E-state index in [4.69, 9.17) is 9.47 Å². The van der Waals surface area contributed by atoms with Gasteiger partial charge in [0.2, 0.25) is 0 Å². The fraction of sp³-hybridized carbons (Fsp3) is 0.500. The molecule has 3 rings (SSSR count). The van der Waals surface area contributed by atoms with Crippen molar-refractivity contribution in [3.05, 3.63) is 18.6 Å². The van der Waals surface area contributed by atoms with Crippen LogP contribution >= 0.6 is 0 Å². The number of fused-ring (bicyclic) bond motifs is 1. The van der Waals surface area contributed by atoms with Gasteiger partial charge < -0.3 is 24.7 Å². The van der Waals surface area contributed by atoms with Crippen LogP contribution in [0.4, 0.5) is 20.7 Å². The minimum Gasteiger partial charge on any atom is -0.478 e. The number of anilines is 2. The standard InChI is InChI=1S/C18H25FN8O3/c1-18(2,3)30-17(28)20-7-6-8-27-9-11(15(25-27)29-5)22-13-12-14(24-16(19)23-13)26(4)10-21-12/h9-10H,6-8H2,1-5H3,(H,20,28)(H,22,23,24). The van der Waals surface area contributed by atoms with Gasteiger partial charge in [0, 0.05) is 20.1 Å². The lowest BCUT2D eigenvalue weighted by atomic mass is 10.2. The third-order valence-electron chi connectivity index (χ3n) is 3.94. The first-order valence-corrected chi connectivity index (χ1v) is 9.36. The average molecular weight is 420 g/mol. The Morgan fingerprint density at radius 2 is 2.07 bits per heavy atom. The number of rotatable bonds is 7. The summed E-state index contributed by atoms with van der Waals surface area (Å²) in [5, 5.41) is 10.0. The zero-order chi connectivity index (χ0) is 21.9. The minimum absolute atomic E-state index is 0.211. The number of nitrogens with one attached hydrogen (secondary N) is 2. The van der Waals surface area contributed by atoms with E-state index in [2.05, 4.69) is 30.7 Å². The molecule has 0 aromatic carbocycles. The van der Waals surface area contributed by atoms with Crippen molar-refractivity contribution in [3.63, 3.8) is 0 Å². The van der Waals surface area contributed by atoms with Crippen molar-refractivity contribution in [2.45, 2.75) is 39.3 Å². The Kier molecular flexibility index (Phi) is 6.04. The number of methoxy groups -OCH3 is 1. The van der Waals surface area contributed by atoms with Gasteiger partial charge >= 0.3 is 12.2 Å². The first kappa shape index (κ1) is 21.3. The van der Waals surface area contributed by atoms with Crippen LogP contribution in [0.25, 0.3) is 11.2 Å². The molecule has 2 N–H and O–H groups in total. The van der Waals surface area contributed by atoms with E-state index in [1.54, 1.807) is 43.3 Å². The first-order valence-electron chi connectivity index (χ1n) is 9.36. The summed E-state index contributed by atoms with van der Waals surface area (Å²) in [4.78, 5) is 23.4. The van der Waals surface area contributed by atoms with Gasteiger partial charge in [0.25, 0.3) is 5.88 Å². The molecule has 0 aliphatic rings. The van der Waals surface area contributed by atoms with Crippen molar-refractivity contribution in [2.24, 2.45) is 7.05 Å². The second kappa shape index (κ2) is 8.51. The van der Waals surface area contributed by atoms with E-state index in [1.807, 2.05) is 0 Å². The summed E-state index contributed by atoms with van der Waals surface area (Å²) in [5.74, 6) is 0.528. The van der Waals surface area contributed by atoms with Crippen molar-refractivity contribution >= 4 is 28.8 Å². The summed E-state index contributed by atoms with van der Waals surface area (Å²) in [7, 11) is 3.20. The molecule has 12 heteroatoms. The lowest BCUT2D eigenvalue weighted by molar-refractivity contribution is 0.0526. The van der Waals surface area contributed by atoms with E-state index in [-0.39, 0.29) is 5.82 Å². The molecule has 3 heterocycles. The minimum atomic E-state index is -0.867. The highest BCUT2D eigenvalue weighted by Crippen LogP contribution is 2.28. The van der Waals surface area contributed by atoms with E-state index in [9.17, 15) is 9.18 Å². The first-order chi connectivity index (χ1) is 14.2. The second-order valence-electron chi connectivity index (χ2n) is 7.59. The molecule has 30 heavy (non-hydrogen) atoms. The SMILES string of the molecule is COc1nn(CCCNC(=O)OC(C)(C)C)cc1Nc1nc(F)nc2c1ncn2C. The van der Waals surface area contributed by atoms with Crippen molar-refractivity contribution < 1.29 is 18.7 Å². The smallest absolute Gasteiger partial charge is 0.407 e. The van der Waals surface area contributed by atoms with Crippen molar-refractivity contribution in [1.29, 1.82) is 0 Å². The highest BCUT2D eigenvalue weighted by molar-refractivity contribution is 5.85. The lowest BCUT2D eigenvalue weighted by Crippen LogP contribution is -2.33. The number of amides is 1. The molecule has 0 fully saturated rings. The van der Waals surface area contributed by atoms with Gasteiger partial charge in [0.05, 0.1) is 19.6 Å². The number of carbonyl (C=O) groups is 1. The maximum Gasteiger partial charge on any atom is 0.407 e. The van der Waals surface area contributed by atoms with Gasteiger partial charge in [-0.1, -0.05) is 0 Å². The molecule has 3 aromatic rings. The average Bonchev–Trinajstić information content (AvgIpc) is 3.21. The number of alkyl carbamates (subject to hydrolysis) is 1. The monoisotopic (exact) mass is 420 g/mol. The molecule has 0 atom stereocenters. The third-order valence-corrected chi connectivity index (χ3v) is 3.94. The maximum absolute atomic E-state index is 13.8. The summed E-state index contributed by atoms with van der Waals surface area (Å²) in [6.07, 6.45) is 2.53. The van der Waals surface area contributed by atoms with Gasteiger partial charge in [-0.25, -0.2) is 9.78 Å². The molecule has 0 radical (unpaired) electrons. The summed E-state index contributed by atoms with van der Waals surface area (Å²) < 4.78 is 27.6. The lowest BCUT2D eigenvalue weighted by Gasteiger charge is -2.19. The van der Waals surface area contributed by atoms with Crippen molar-refractivity contribution in [3.8, 4) is 5.88 Å². The molecule has 0 saturated carbocycles. The molecule has 0 aliphatic heterocycles. The molecule has 0 bridgehead atoms. The van der Waals surface area contributed by atoms with E-state index in [0.29, 0.717) is 42.2 Å². The van der Waals surface area contributed by atoms with Crippen LogP contribution < -0.4 is 15.4 Å². The van der Waals surface area contributed by atoms with Crippen LogP contribution in [0.2, 0.25) is 0 Å². The molecular weight excluding hydrogens is 395 g/mol. The van der Waals surface area contributed by atoms with Crippen LogP contribution in [0.5, 0.6) is 5.88 Å². The number of ether oxygens (including phenoxy) is 2. The fourth-order valence-electron chi connectivity index (χ4n) is 2.70. The van der Waals surface area contributed by atoms with E-state index < -0.39 is 17.8 Å². The number of hydrogen-bond donors (Lipinski definition) is 2. The Hall–Kier alpha value is -3.44. The second-order valence-corrected chi connectivity index (χ2v) is 7.59. The van der Waals surface area contributed by atoms with Crippen LogP contribution in [0.15, 0.2) is 12.5 Å². The van der Waals surface area contributed by atoms with Crippen LogP contribution in [0, 0.1) is 6.08 Å². The van der Waals surface area contributed by atoms with Gasteiger partial charge in [-0.2, -0.15) is 14.4 Å². The predicted molar refractivity (Wildman–Crippen MR) is 107 cm³/mol. The number of aromatic nitrogens is 6. The Morgan fingerprint density at radius 3 is 2.77 bits per heavy atom. The van der Waals surface area contributed by atoms with Gasteiger partial charge in [0.15, 0.2) is 17.0 Å². The third kappa shape index (κ3) is 5.13. The highest BCUT2D eigenvalue weighted by Gasteiger charge is 2.17. The number of nitrogens with zero attached hydrogens (tertiary/aromatic N) is 6. The molecule has 0 unspecified atom stereocenters. The van der Waals surface area contributed by atoms with Gasteiger partial charge in [-0.3, -0.25) is 4.68 Å². The van der Waals surface area contributed by atoms with Crippen LogP contribution in [-0.2, 0) is 18.3 Å². The van der Waals surface area contributed by atoms with Crippen LogP contribution in [0.1, 0.15) is 27.2 Å². The molecule has 162 valence electrons. The molecule has 0 spiro atoms. The Morgan fingerprint density at radius 1 is 1.30 bits per heavy atom. The van der Waals surface area contributed by atoms with E-state index in [1.165, 1.54) is 13.4 Å². The number of halogens is 1. The molecule has 11 nitrogen and oxygen atoms in total. The van der Waals surface area contributed by atoms with Gasteiger partial charge in [-0.15, -0.1) is 5.10 Å². The van der Waals surface area contributed by atoms with E-state index >= 15 is 0 Å². The quantitative estimate of drug-likeness (QED) is 0.441. The summed E-state index contributed by atoms with van der Waals surface area (Å²) in [5.41, 5.74) is 0.752. The summed E-state index contributed by atoms with van der Waals surface area (Å²) >= 11 is 0. The highest BCUT2D eigenvalue weighted by atomic mass is 19.1.